The summed E-state index contributed by atoms with van der Waals surface area (Å²) in [5, 5.41) is 10.7. The van der Waals surface area contributed by atoms with Crippen LogP contribution in [0.15, 0.2) is 0 Å². The van der Waals surface area contributed by atoms with E-state index in [0.717, 1.165) is 6.54 Å². The van der Waals surface area contributed by atoms with Crippen molar-refractivity contribution in [2.75, 3.05) is 6.54 Å². The van der Waals surface area contributed by atoms with Crippen molar-refractivity contribution in [2.45, 2.75) is 13.7 Å². The van der Waals surface area contributed by atoms with E-state index < -0.39 is 0 Å². The van der Waals surface area contributed by atoms with Gasteiger partial charge in [0.1, 0.15) is 6.23 Å². The van der Waals surface area contributed by atoms with Crippen LogP contribution in [0, 0.1) is 0 Å². The topological polar surface area (TPSA) is 42.2 Å². The van der Waals surface area contributed by atoms with Gasteiger partial charge < -0.3 is 5.11 Å². The van der Waals surface area contributed by atoms with Crippen LogP contribution in [0.25, 0.3) is 0 Å². The fraction of sp³-hybridized carbons (Fsp3) is 1.00. The highest BCUT2D eigenvalue weighted by atomic mass is 16.3. The standard InChI is InChI=1S/C2H5NO.CH4/c4-2-1-3-2;/h2-4H,1H2;1H4. The molecule has 1 aliphatic rings. The van der Waals surface area contributed by atoms with Gasteiger partial charge in [-0.15, -0.1) is 0 Å². The number of hydrogen-bond donors (Lipinski definition) is 2. The van der Waals surface area contributed by atoms with Crippen LogP contribution >= 0.6 is 0 Å². The third-order valence-corrected chi connectivity index (χ3v) is 0.387. The maximum Gasteiger partial charge on any atom is 0.117 e. The molecule has 0 aliphatic carbocycles. The molecule has 2 heteroatoms. The first-order valence-corrected chi connectivity index (χ1v) is 1.31. The molecule has 2 N–H and O–H groups in total. The molecule has 2 nitrogen and oxygen atoms in total. The van der Waals surface area contributed by atoms with Gasteiger partial charge in [0.05, 0.1) is 0 Å². The first-order valence-electron chi connectivity index (χ1n) is 1.31. The summed E-state index contributed by atoms with van der Waals surface area (Å²) in [5.41, 5.74) is 0. The van der Waals surface area contributed by atoms with Gasteiger partial charge in [-0.25, -0.2) is 0 Å². The van der Waals surface area contributed by atoms with Crippen LogP contribution in [0.3, 0.4) is 0 Å². The van der Waals surface area contributed by atoms with Gasteiger partial charge in [-0.3, -0.25) is 5.32 Å². The van der Waals surface area contributed by atoms with Gasteiger partial charge in [0.2, 0.25) is 0 Å². The minimum atomic E-state index is -0.167. The number of hydrogen-bond acceptors (Lipinski definition) is 2. The van der Waals surface area contributed by atoms with E-state index in [1.54, 1.807) is 0 Å². The Morgan fingerprint density at radius 1 is 1.80 bits per heavy atom. The molecule has 0 amide bonds. The Labute approximate surface area is 31.8 Å². The molecular weight excluding hydrogens is 66.0 g/mol. The first-order chi connectivity index (χ1) is 1.89. The second-order valence-electron chi connectivity index (χ2n) is 0.924. The van der Waals surface area contributed by atoms with E-state index in [2.05, 4.69) is 5.32 Å². The molecule has 0 bridgehead atoms. The lowest BCUT2D eigenvalue weighted by Gasteiger charge is -1.56. The molecule has 0 spiro atoms. The van der Waals surface area contributed by atoms with Crippen LogP contribution in [0.5, 0.6) is 0 Å². The SMILES string of the molecule is C.OC1CN1. The zero-order chi connectivity index (χ0) is 2.99. The lowest BCUT2D eigenvalue weighted by atomic mass is 10.9. The summed E-state index contributed by atoms with van der Waals surface area (Å²) < 4.78 is 0. The van der Waals surface area contributed by atoms with Crippen molar-refractivity contribution in [3.8, 4) is 0 Å². The Morgan fingerprint density at radius 3 is 2.00 bits per heavy atom. The maximum absolute atomic E-state index is 8.06. The Balaban J connectivity index is 0.000000160. The smallest absolute Gasteiger partial charge is 0.117 e. The molecule has 0 saturated carbocycles. The van der Waals surface area contributed by atoms with Crippen molar-refractivity contribution in [1.29, 1.82) is 0 Å². The number of β-amino-alcohol motifs (C(OH)–C–C–N with tert-alkyl or cyclic N) is 1. The Hall–Kier alpha value is -0.0800. The van der Waals surface area contributed by atoms with Crippen LogP contribution in [-0.4, -0.2) is 17.9 Å². The minimum absolute atomic E-state index is 0. The summed E-state index contributed by atoms with van der Waals surface area (Å²) in [7, 11) is 0. The molecular formula is C3H9NO. The zero-order valence-electron chi connectivity index (χ0n) is 2.23. The highest BCUT2D eigenvalue weighted by Gasteiger charge is 2.13. The molecule has 1 saturated heterocycles. The lowest BCUT2D eigenvalue weighted by molar-refractivity contribution is 0.274. The van der Waals surface area contributed by atoms with Gasteiger partial charge in [0, 0.05) is 6.54 Å². The predicted octanol–water partition coefficient (Wildman–Crippen LogP) is -0.456. The molecule has 0 aromatic rings. The van der Waals surface area contributed by atoms with Crippen molar-refractivity contribution in [3.63, 3.8) is 0 Å². The normalized spacial score (nSPS) is 31.8. The summed E-state index contributed by atoms with van der Waals surface area (Å²) in [5.74, 6) is 0. The predicted molar refractivity (Wildman–Crippen MR) is 20.7 cm³/mol. The summed E-state index contributed by atoms with van der Waals surface area (Å²) in [6.07, 6.45) is -0.167. The Kier molecular flexibility index (Phi) is 1.36. The van der Waals surface area contributed by atoms with E-state index in [1.165, 1.54) is 0 Å². The quantitative estimate of drug-likeness (QED) is 0.383. The molecule has 1 aliphatic heterocycles. The van der Waals surface area contributed by atoms with Crippen molar-refractivity contribution >= 4 is 0 Å². The summed E-state index contributed by atoms with van der Waals surface area (Å²) in [6, 6.07) is 0. The molecule has 0 radical (unpaired) electrons. The van der Waals surface area contributed by atoms with Gasteiger partial charge in [0.25, 0.3) is 0 Å². The van der Waals surface area contributed by atoms with Crippen molar-refractivity contribution < 1.29 is 5.11 Å². The fourth-order valence-corrected chi connectivity index (χ4v) is 0.0527. The molecule has 1 unspecified atom stereocenters. The van der Waals surface area contributed by atoms with E-state index in [9.17, 15) is 0 Å². The highest BCUT2D eigenvalue weighted by molar-refractivity contribution is 4.68. The Bertz CT molecular complexity index is 26.1. The Morgan fingerprint density at radius 2 is 2.00 bits per heavy atom. The third-order valence-electron chi connectivity index (χ3n) is 0.387. The van der Waals surface area contributed by atoms with Crippen molar-refractivity contribution in [1.82, 2.24) is 5.32 Å². The van der Waals surface area contributed by atoms with Crippen LogP contribution in [0.2, 0.25) is 0 Å². The molecule has 1 rings (SSSR count). The van der Waals surface area contributed by atoms with Crippen LogP contribution in [0.1, 0.15) is 7.43 Å². The maximum atomic E-state index is 8.06. The molecule has 0 aromatic heterocycles. The molecule has 32 valence electrons. The average molecular weight is 75.1 g/mol. The van der Waals surface area contributed by atoms with Gasteiger partial charge in [0.15, 0.2) is 0 Å². The molecule has 1 heterocycles. The van der Waals surface area contributed by atoms with E-state index in [4.69, 9.17) is 5.11 Å². The van der Waals surface area contributed by atoms with E-state index in [-0.39, 0.29) is 13.7 Å². The first kappa shape index (κ1) is 4.92. The van der Waals surface area contributed by atoms with Gasteiger partial charge >= 0.3 is 0 Å². The summed E-state index contributed by atoms with van der Waals surface area (Å²) >= 11 is 0. The van der Waals surface area contributed by atoms with Crippen LogP contribution < -0.4 is 5.32 Å². The second-order valence-corrected chi connectivity index (χ2v) is 0.924. The van der Waals surface area contributed by atoms with Crippen molar-refractivity contribution in [2.24, 2.45) is 0 Å². The molecule has 5 heavy (non-hydrogen) atoms. The van der Waals surface area contributed by atoms with Gasteiger partial charge in [-0.2, -0.15) is 0 Å². The fourth-order valence-electron chi connectivity index (χ4n) is 0.0527. The van der Waals surface area contributed by atoms with Gasteiger partial charge in [-0.05, 0) is 0 Å². The molecule has 1 fully saturated rings. The number of rotatable bonds is 0. The van der Waals surface area contributed by atoms with Crippen LogP contribution in [-0.2, 0) is 0 Å². The van der Waals surface area contributed by atoms with Crippen LogP contribution in [0.4, 0.5) is 0 Å². The third kappa shape index (κ3) is 1.69. The lowest BCUT2D eigenvalue weighted by Crippen LogP contribution is -1.80. The number of aliphatic hydroxyl groups is 1. The van der Waals surface area contributed by atoms with Crippen molar-refractivity contribution in [3.05, 3.63) is 0 Å². The van der Waals surface area contributed by atoms with E-state index in [0.29, 0.717) is 0 Å². The number of aliphatic hydroxyl groups excluding tert-OH is 1. The largest absolute Gasteiger partial charge is 0.377 e. The zero-order valence-corrected chi connectivity index (χ0v) is 2.23. The van der Waals surface area contributed by atoms with Gasteiger partial charge in [-0.1, -0.05) is 7.43 Å². The molecule has 1 atom stereocenters. The second kappa shape index (κ2) is 1.38. The number of nitrogens with one attached hydrogen (secondary N) is 1. The minimum Gasteiger partial charge on any atom is -0.377 e. The van der Waals surface area contributed by atoms with E-state index >= 15 is 0 Å². The summed E-state index contributed by atoms with van der Waals surface area (Å²) in [6.45, 7) is 0.792. The molecule has 0 aromatic carbocycles. The van der Waals surface area contributed by atoms with E-state index in [1.807, 2.05) is 0 Å². The average Bonchev–Trinajstić information content (AvgIpc) is 1.75. The highest BCUT2D eigenvalue weighted by Crippen LogP contribution is 1.84. The summed E-state index contributed by atoms with van der Waals surface area (Å²) in [4.78, 5) is 0. The monoisotopic (exact) mass is 75.1 g/mol.